The van der Waals surface area contributed by atoms with E-state index in [4.69, 9.17) is 9.47 Å². The number of carbonyl (C=O) groups is 2. The fraction of sp³-hybridized carbons (Fsp3) is 0.381. The Morgan fingerprint density at radius 3 is 2.82 bits per heavy atom. The van der Waals surface area contributed by atoms with Crippen LogP contribution < -0.4 is 14.4 Å². The van der Waals surface area contributed by atoms with Gasteiger partial charge in [-0.25, -0.2) is 0 Å². The average Bonchev–Trinajstić information content (AvgIpc) is 3.32. The molecule has 7 heteroatoms. The Balaban J connectivity index is 1.32. The lowest BCUT2D eigenvalue weighted by Crippen LogP contribution is -2.38. The molecular weight excluding hydrogens is 358 g/mol. The highest BCUT2D eigenvalue weighted by Crippen LogP contribution is 2.38. The number of rotatable bonds is 5. The van der Waals surface area contributed by atoms with Crippen molar-refractivity contribution >= 4 is 17.5 Å². The molecule has 7 nitrogen and oxygen atoms in total. The predicted molar refractivity (Wildman–Crippen MR) is 101 cm³/mol. The number of aromatic nitrogens is 1. The Bertz CT molecular complexity index is 913. The van der Waals surface area contributed by atoms with Crippen LogP contribution in [-0.4, -0.2) is 41.1 Å². The molecule has 1 unspecified atom stereocenters. The number of pyridine rings is 1. The molecule has 1 saturated carbocycles. The van der Waals surface area contributed by atoms with Gasteiger partial charge >= 0.3 is 0 Å². The van der Waals surface area contributed by atoms with Gasteiger partial charge in [0.25, 0.3) is 0 Å². The molecule has 2 aromatic rings. The number of anilines is 1. The molecule has 144 valence electrons. The van der Waals surface area contributed by atoms with Gasteiger partial charge in [-0.15, -0.1) is 0 Å². The van der Waals surface area contributed by atoms with Crippen molar-refractivity contribution in [3.8, 4) is 11.5 Å². The summed E-state index contributed by atoms with van der Waals surface area (Å²) in [6, 6.07) is 11.4. The number of fused-ring (bicyclic) bond motifs is 1. The molecule has 1 aromatic carbocycles. The molecule has 2 amide bonds. The largest absolute Gasteiger partial charge is 0.454 e. The van der Waals surface area contributed by atoms with Crippen LogP contribution in [0.4, 0.5) is 5.69 Å². The van der Waals surface area contributed by atoms with Crippen LogP contribution in [0.15, 0.2) is 42.6 Å². The number of hydrogen-bond acceptors (Lipinski definition) is 5. The highest BCUT2D eigenvalue weighted by Gasteiger charge is 2.41. The second kappa shape index (κ2) is 6.82. The van der Waals surface area contributed by atoms with Crippen molar-refractivity contribution in [2.24, 2.45) is 5.92 Å². The monoisotopic (exact) mass is 379 g/mol. The van der Waals surface area contributed by atoms with E-state index in [0.717, 1.165) is 24.2 Å². The standard InChI is InChI=1S/C21H21N3O4/c25-20-9-14(11-23(20)17-6-7-18-19(10-17)28-13-27-18)21(26)24(16-4-5-16)12-15-3-1-2-8-22-15/h1-3,6-8,10,14,16H,4-5,9,11-13H2. The molecule has 5 rings (SSSR count). The second-order valence-corrected chi connectivity index (χ2v) is 7.46. The van der Waals surface area contributed by atoms with E-state index in [1.807, 2.05) is 29.2 Å². The number of amides is 2. The SMILES string of the molecule is O=C1CC(C(=O)N(Cc2ccccn2)C2CC2)CN1c1ccc2c(c1)OCO2. The van der Waals surface area contributed by atoms with Crippen LogP contribution in [0.2, 0.25) is 0 Å². The minimum atomic E-state index is -0.331. The lowest BCUT2D eigenvalue weighted by Gasteiger charge is -2.25. The maximum absolute atomic E-state index is 13.2. The highest BCUT2D eigenvalue weighted by atomic mass is 16.7. The van der Waals surface area contributed by atoms with Crippen molar-refractivity contribution in [3.05, 3.63) is 48.3 Å². The fourth-order valence-corrected chi connectivity index (χ4v) is 3.85. The Kier molecular flexibility index (Phi) is 4.15. The smallest absolute Gasteiger partial charge is 0.231 e. The van der Waals surface area contributed by atoms with Crippen LogP contribution in [-0.2, 0) is 16.1 Å². The average molecular weight is 379 g/mol. The Hall–Kier alpha value is -3.09. The van der Waals surface area contributed by atoms with Gasteiger partial charge in [-0.2, -0.15) is 0 Å². The molecule has 3 heterocycles. The fourth-order valence-electron chi connectivity index (χ4n) is 3.85. The minimum absolute atomic E-state index is 0.0363. The normalized spacial score (nSPS) is 20.5. The maximum Gasteiger partial charge on any atom is 0.231 e. The number of nitrogens with zero attached hydrogens (tertiary/aromatic N) is 3. The van der Waals surface area contributed by atoms with E-state index in [-0.39, 0.29) is 37.0 Å². The van der Waals surface area contributed by atoms with E-state index in [1.54, 1.807) is 23.2 Å². The van der Waals surface area contributed by atoms with Crippen molar-refractivity contribution in [1.29, 1.82) is 0 Å². The molecule has 1 aromatic heterocycles. The Labute approximate surface area is 162 Å². The minimum Gasteiger partial charge on any atom is -0.454 e. The molecular formula is C21H21N3O4. The summed E-state index contributed by atoms with van der Waals surface area (Å²) in [5.41, 5.74) is 1.62. The highest BCUT2D eigenvalue weighted by molar-refractivity contribution is 6.00. The number of ether oxygens (including phenoxy) is 2. The molecule has 2 aliphatic heterocycles. The van der Waals surface area contributed by atoms with Gasteiger partial charge in [0.05, 0.1) is 18.2 Å². The molecule has 0 radical (unpaired) electrons. The van der Waals surface area contributed by atoms with Gasteiger partial charge in [0.1, 0.15) is 0 Å². The summed E-state index contributed by atoms with van der Waals surface area (Å²) < 4.78 is 10.7. The summed E-state index contributed by atoms with van der Waals surface area (Å²) in [6.45, 7) is 1.08. The van der Waals surface area contributed by atoms with Crippen molar-refractivity contribution in [2.75, 3.05) is 18.2 Å². The van der Waals surface area contributed by atoms with Crippen molar-refractivity contribution in [3.63, 3.8) is 0 Å². The first-order valence-corrected chi connectivity index (χ1v) is 9.59. The molecule has 1 atom stereocenters. The maximum atomic E-state index is 13.2. The van der Waals surface area contributed by atoms with Crippen LogP contribution in [0.25, 0.3) is 0 Å². The molecule has 0 bridgehead atoms. The summed E-state index contributed by atoms with van der Waals surface area (Å²) in [5, 5.41) is 0. The first-order valence-electron chi connectivity index (χ1n) is 9.59. The zero-order valence-corrected chi connectivity index (χ0v) is 15.4. The van der Waals surface area contributed by atoms with E-state index < -0.39 is 0 Å². The molecule has 28 heavy (non-hydrogen) atoms. The summed E-state index contributed by atoms with van der Waals surface area (Å²) in [7, 11) is 0. The van der Waals surface area contributed by atoms with Gasteiger partial charge in [-0.05, 0) is 37.1 Å². The van der Waals surface area contributed by atoms with E-state index in [1.165, 1.54) is 0 Å². The third-order valence-electron chi connectivity index (χ3n) is 5.47. The topological polar surface area (TPSA) is 72.0 Å². The molecule has 2 fully saturated rings. The van der Waals surface area contributed by atoms with Crippen LogP contribution >= 0.6 is 0 Å². The number of benzene rings is 1. The molecule has 3 aliphatic rings. The molecule has 1 saturated heterocycles. The van der Waals surface area contributed by atoms with Gasteiger partial charge in [-0.1, -0.05) is 6.07 Å². The molecule has 1 aliphatic carbocycles. The van der Waals surface area contributed by atoms with E-state index in [2.05, 4.69) is 4.98 Å². The first-order chi connectivity index (χ1) is 13.7. The van der Waals surface area contributed by atoms with E-state index in [0.29, 0.717) is 24.6 Å². The summed E-state index contributed by atoms with van der Waals surface area (Å²) in [4.78, 5) is 33.8. The number of carbonyl (C=O) groups excluding carboxylic acids is 2. The van der Waals surface area contributed by atoms with Gasteiger partial charge in [0.15, 0.2) is 11.5 Å². The zero-order chi connectivity index (χ0) is 19.1. The van der Waals surface area contributed by atoms with Gasteiger partial charge in [-0.3, -0.25) is 14.6 Å². The van der Waals surface area contributed by atoms with Crippen LogP contribution in [0.1, 0.15) is 25.0 Å². The van der Waals surface area contributed by atoms with Gasteiger partial charge < -0.3 is 19.3 Å². The summed E-state index contributed by atoms with van der Waals surface area (Å²) in [5.74, 6) is 0.992. The summed E-state index contributed by atoms with van der Waals surface area (Å²) in [6.07, 6.45) is 4.01. The predicted octanol–water partition coefficient (Wildman–Crippen LogP) is 2.35. The van der Waals surface area contributed by atoms with Crippen molar-refractivity contribution < 1.29 is 19.1 Å². The van der Waals surface area contributed by atoms with Crippen LogP contribution in [0, 0.1) is 5.92 Å². The third-order valence-corrected chi connectivity index (χ3v) is 5.47. The number of hydrogen-bond donors (Lipinski definition) is 0. The Morgan fingerprint density at radius 2 is 2.04 bits per heavy atom. The second-order valence-electron chi connectivity index (χ2n) is 7.46. The van der Waals surface area contributed by atoms with Gasteiger partial charge in [0, 0.05) is 37.0 Å². The molecule has 0 N–H and O–H groups in total. The van der Waals surface area contributed by atoms with E-state index >= 15 is 0 Å². The van der Waals surface area contributed by atoms with Crippen LogP contribution in [0.5, 0.6) is 11.5 Å². The van der Waals surface area contributed by atoms with Crippen molar-refractivity contribution in [2.45, 2.75) is 31.8 Å². The lowest BCUT2D eigenvalue weighted by atomic mass is 10.1. The lowest BCUT2D eigenvalue weighted by molar-refractivity contribution is -0.137. The van der Waals surface area contributed by atoms with Crippen molar-refractivity contribution in [1.82, 2.24) is 9.88 Å². The van der Waals surface area contributed by atoms with E-state index in [9.17, 15) is 9.59 Å². The third kappa shape index (κ3) is 3.17. The first kappa shape index (κ1) is 17.0. The van der Waals surface area contributed by atoms with Crippen LogP contribution in [0.3, 0.4) is 0 Å². The Morgan fingerprint density at radius 1 is 1.18 bits per heavy atom. The molecule has 0 spiro atoms. The van der Waals surface area contributed by atoms with Gasteiger partial charge in [0.2, 0.25) is 18.6 Å². The quantitative estimate of drug-likeness (QED) is 0.798. The zero-order valence-electron chi connectivity index (χ0n) is 15.4. The summed E-state index contributed by atoms with van der Waals surface area (Å²) >= 11 is 0.